The fourth-order valence-electron chi connectivity index (χ4n) is 1.51. The van der Waals surface area contributed by atoms with Crippen LogP contribution in [-0.2, 0) is 19.4 Å². The Kier molecular flexibility index (Phi) is 4.90. The fraction of sp³-hybridized carbons (Fsp3) is 0.462. The Bertz CT molecular complexity index is 502. The summed E-state index contributed by atoms with van der Waals surface area (Å²) in [5, 5.41) is 0. The van der Waals surface area contributed by atoms with Crippen molar-refractivity contribution < 1.29 is 17.9 Å². The highest BCUT2D eigenvalue weighted by atomic mass is 32.2. The van der Waals surface area contributed by atoms with Crippen LogP contribution in [0.2, 0.25) is 0 Å². The van der Waals surface area contributed by atoms with Crippen LogP contribution in [0, 0.1) is 12.8 Å². The van der Waals surface area contributed by atoms with E-state index in [9.17, 15) is 13.2 Å². The van der Waals surface area contributed by atoms with Crippen molar-refractivity contribution in [2.45, 2.75) is 25.2 Å². The summed E-state index contributed by atoms with van der Waals surface area (Å²) >= 11 is 0. The zero-order valence-corrected chi connectivity index (χ0v) is 11.7. The first-order valence-electron chi connectivity index (χ1n) is 5.74. The minimum atomic E-state index is -3.32. The second kappa shape index (κ2) is 6.00. The number of hydrogen-bond acceptors (Lipinski definition) is 4. The van der Waals surface area contributed by atoms with E-state index in [2.05, 4.69) is 4.74 Å². The molecule has 0 aromatic heterocycles. The second-order valence-electron chi connectivity index (χ2n) is 4.34. The van der Waals surface area contributed by atoms with Gasteiger partial charge in [0.05, 0.1) is 23.7 Å². The summed E-state index contributed by atoms with van der Waals surface area (Å²) in [7, 11) is -2.02. The number of rotatable bonds is 5. The average Bonchev–Trinajstić information content (AvgIpc) is 2.35. The minimum absolute atomic E-state index is 0.0493. The zero-order valence-electron chi connectivity index (χ0n) is 10.8. The van der Waals surface area contributed by atoms with E-state index < -0.39 is 15.8 Å². The van der Waals surface area contributed by atoms with Gasteiger partial charge in [-0.25, -0.2) is 8.42 Å². The van der Waals surface area contributed by atoms with E-state index in [1.165, 1.54) is 7.11 Å². The summed E-state index contributed by atoms with van der Waals surface area (Å²) in [5.74, 6) is -0.837. The summed E-state index contributed by atoms with van der Waals surface area (Å²) in [6, 6.07) is 6.70. The highest BCUT2D eigenvalue weighted by Gasteiger charge is 2.19. The normalized spacial score (nSPS) is 13.1. The van der Waals surface area contributed by atoms with E-state index >= 15 is 0 Å². The topological polar surface area (TPSA) is 60.4 Å². The summed E-state index contributed by atoms with van der Waals surface area (Å²) in [4.78, 5) is 11.5. The van der Waals surface area contributed by atoms with Gasteiger partial charge in [0.25, 0.3) is 0 Å². The number of sulfone groups is 1. The van der Waals surface area contributed by atoms with Crippen molar-refractivity contribution >= 4 is 15.8 Å². The Morgan fingerprint density at radius 2 is 1.83 bits per heavy atom. The molecule has 4 nitrogen and oxygen atoms in total. The molecule has 1 aromatic carbocycles. The number of carbonyl (C=O) groups excluding carboxylic acids is 1. The van der Waals surface area contributed by atoms with E-state index in [0.717, 1.165) is 5.56 Å². The van der Waals surface area contributed by atoms with Gasteiger partial charge in [0.15, 0.2) is 9.84 Å². The third kappa shape index (κ3) is 3.84. The second-order valence-corrected chi connectivity index (χ2v) is 6.45. The molecule has 5 heteroatoms. The van der Waals surface area contributed by atoms with Crippen molar-refractivity contribution in [1.29, 1.82) is 0 Å². The van der Waals surface area contributed by atoms with Crippen LogP contribution in [-0.4, -0.2) is 27.2 Å². The Labute approximate surface area is 108 Å². The first-order valence-corrected chi connectivity index (χ1v) is 7.39. The highest BCUT2D eigenvalue weighted by molar-refractivity contribution is 7.91. The van der Waals surface area contributed by atoms with Crippen LogP contribution in [0.5, 0.6) is 0 Å². The predicted molar refractivity (Wildman–Crippen MR) is 69.0 cm³/mol. The monoisotopic (exact) mass is 270 g/mol. The molecule has 1 atom stereocenters. The molecule has 0 saturated heterocycles. The molecule has 1 rings (SSSR count). The molecular weight excluding hydrogens is 252 g/mol. The van der Waals surface area contributed by atoms with Crippen molar-refractivity contribution in [3.63, 3.8) is 0 Å². The molecule has 0 aliphatic heterocycles. The largest absolute Gasteiger partial charge is 0.469 e. The van der Waals surface area contributed by atoms with E-state index in [-0.39, 0.29) is 18.1 Å². The maximum atomic E-state index is 12.0. The molecule has 0 radical (unpaired) electrons. The van der Waals surface area contributed by atoms with Crippen molar-refractivity contribution in [2.75, 3.05) is 12.9 Å². The minimum Gasteiger partial charge on any atom is -0.469 e. The lowest BCUT2D eigenvalue weighted by atomic mass is 10.1. The van der Waals surface area contributed by atoms with Crippen LogP contribution in [0.1, 0.15) is 18.9 Å². The molecule has 0 heterocycles. The lowest BCUT2D eigenvalue weighted by Crippen LogP contribution is -2.17. The first kappa shape index (κ1) is 14.7. The maximum Gasteiger partial charge on any atom is 0.308 e. The Hall–Kier alpha value is -1.36. The number of methoxy groups -OCH3 is 1. The van der Waals surface area contributed by atoms with E-state index in [0.29, 0.717) is 4.90 Å². The number of carbonyl (C=O) groups is 1. The van der Waals surface area contributed by atoms with E-state index in [4.69, 9.17) is 0 Å². The third-order valence-electron chi connectivity index (χ3n) is 2.80. The molecule has 1 aromatic rings. The number of esters is 1. The third-order valence-corrected chi connectivity index (χ3v) is 4.57. The van der Waals surface area contributed by atoms with Crippen LogP contribution in [0.25, 0.3) is 0 Å². The Morgan fingerprint density at radius 3 is 2.33 bits per heavy atom. The maximum absolute atomic E-state index is 12.0. The van der Waals surface area contributed by atoms with Crippen molar-refractivity contribution in [2.24, 2.45) is 5.92 Å². The lowest BCUT2D eigenvalue weighted by Gasteiger charge is -2.09. The molecule has 0 saturated carbocycles. The van der Waals surface area contributed by atoms with Crippen LogP contribution in [0.15, 0.2) is 29.2 Å². The standard InChI is InChI=1S/C13H18O4S/c1-10-4-6-12(7-5-10)18(15,16)9-8-11(2)13(14)17-3/h4-7,11H,8-9H2,1-3H3. The molecule has 0 amide bonds. The molecular formula is C13H18O4S. The van der Waals surface area contributed by atoms with Gasteiger partial charge in [-0.2, -0.15) is 0 Å². The summed E-state index contributed by atoms with van der Waals surface area (Å²) < 4.78 is 28.6. The lowest BCUT2D eigenvalue weighted by molar-refractivity contribution is -0.144. The quantitative estimate of drug-likeness (QED) is 0.767. The van der Waals surface area contributed by atoms with Gasteiger partial charge in [0, 0.05) is 0 Å². The molecule has 0 aliphatic carbocycles. The van der Waals surface area contributed by atoms with E-state index in [1.807, 2.05) is 6.92 Å². The molecule has 100 valence electrons. The van der Waals surface area contributed by atoms with Crippen molar-refractivity contribution in [3.8, 4) is 0 Å². The number of benzene rings is 1. The van der Waals surface area contributed by atoms with Gasteiger partial charge in [0.2, 0.25) is 0 Å². The Morgan fingerprint density at radius 1 is 1.28 bits per heavy atom. The number of ether oxygens (including phenoxy) is 1. The molecule has 0 bridgehead atoms. The summed E-state index contributed by atoms with van der Waals surface area (Å²) in [6.07, 6.45) is 0.267. The molecule has 0 fully saturated rings. The molecule has 0 aliphatic rings. The van der Waals surface area contributed by atoms with Crippen molar-refractivity contribution in [1.82, 2.24) is 0 Å². The molecule has 0 N–H and O–H groups in total. The van der Waals surface area contributed by atoms with Crippen LogP contribution < -0.4 is 0 Å². The van der Waals surface area contributed by atoms with Gasteiger partial charge < -0.3 is 4.74 Å². The van der Waals surface area contributed by atoms with Gasteiger partial charge in [0.1, 0.15) is 0 Å². The number of hydrogen-bond donors (Lipinski definition) is 0. The number of aryl methyl sites for hydroxylation is 1. The van der Waals surface area contributed by atoms with E-state index in [1.54, 1.807) is 31.2 Å². The first-order chi connectivity index (χ1) is 8.36. The summed E-state index contributed by atoms with van der Waals surface area (Å²) in [6.45, 7) is 3.56. The highest BCUT2D eigenvalue weighted by Crippen LogP contribution is 2.15. The SMILES string of the molecule is COC(=O)C(C)CCS(=O)(=O)c1ccc(C)cc1. The Balaban J connectivity index is 2.71. The molecule has 1 unspecified atom stereocenters. The van der Waals surface area contributed by atoms with Gasteiger partial charge >= 0.3 is 5.97 Å². The summed E-state index contributed by atoms with van der Waals surface area (Å²) in [5.41, 5.74) is 1.01. The predicted octanol–water partition coefficient (Wildman–Crippen LogP) is 1.97. The van der Waals surface area contributed by atoms with Crippen LogP contribution >= 0.6 is 0 Å². The fourth-order valence-corrected chi connectivity index (χ4v) is 2.96. The zero-order chi connectivity index (χ0) is 13.8. The van der Waals surface area contributed by atoms with Crippen molar-refractivity contribution in [3.05, 3.63) is 29.8 Å². The van der Waals surface area contributed by atoms with Gasteiger partial charge in [-0.15, -0.1) is 0 Å². The average molecular weight is 270 g/mol. The molecule has 0 spiro atoms. The van der Waals surface area contributed by atoms with Crippen LogP contribution in [0.3, 0.4) is 0 Å². The molecule has 18 heavy (non-hydrogen) atoms. The van der Waals surface area contributed by atoms with Gasteiger partial charge in [-0.1, -0.05) is 24.6 Å². The van der Waals surface area contributed by atoms with Crippen LogP contribution in [0.4, 0.5) is 0 Å². The van der Waals surface area contributed by atoms with Gasteiger partial charge in [-0.3, -0.25) is 4.79 Å². The van der Waals surface area contributed by atoms with Gasteiger partial charge in [-0.05, 0) is 25.5 Å². The smallest absolute Gasteiger partial charge is 0.308 e.